The number of anilines is 1. The normalized spacial score (nSPS) is 18.2. The molecule has 114 valence electrons. The van der Waals surface area contributed by atoms with Crippen molar-refractivity contribution < 1.29 is 4.74 Å². The van der Waals surface area contributed by atoms with E-state index < -0.39 is 0 Å². The number of fused-ring (bicyclic) bond motifs is 1. The van der Waals surface area contributed by atoms with Crippen molar-refractivity contribution in [3.8, 4) is 0 Å². The predicted octanol–water partition coefficient (Wildman–Crippen LogP) is 0.288. The molecule has 1 atom stereocenters. The summed E-state index contributed by atoms with van der Waals surface area (Å²) in [6.07, 6.45) is 0. The molecule has 0 radical (unpaired) electrons. The van der Waals surface area contributed by atoms with Crippen LogP contribution >= 0.6 is 0 Å². The van der Waals surface area contributed by atoms with Gasteiger partial charge in [0.05, 0.1) is 13.2 Å². The van der Waals surface area contributed by atoms with Crippen LogP contribution in [0.1, 0.15) is 13.8 Å². The Labute approximate surface area is 123 Å². The van der Waals surface area contributed by atoms with E-state index in [9.17, 15) is 0 Å². The van der Waals surface area contributed by atoms with Crippen LogP contribution in [0.25, 0.3) is 5.65 Å². The van der Waals surface area contributed by atoms with Gasteiger partial charge < -0.3 is 10.1 Å². The highest BCUT2D eigenvalue weighted by molar-refractivity contribution is 5.42. The maximum Gasteiger partial charge on any atom is 0.200 e. The average Bonchev–Trinajstić information content (AvgIpc) is 2.96. The molecule has 3 heterocycles. The number of hydrogen-bond acceptors (Lipinski definition) is 7. The van der Waals surface area contributed by atoms with Crippen LogP contribution in [0.4, 0.5) is 5.82 Å². The van der Waals surface area contributed by atoms with Crippen molar-refractivity contribution in [3.05, 3.63) is 12.1 Å². The quantitative estimate of drug-likeness (QED) is 0.848. The Hall–Kier alpha value is -1.80. The second kappa shape index (κ2) is 6.31. The number of ether oxygens (including phenoxy) is 1. The Morgan fingerprint density at radius 1 is 1.29 bits per heavy atom. The summed E-state index contributed by atoms with van der Waals surface area (Å²) in [4.78, 5) is 2.48. The third-order valence-electron chi connectivity index (χ3n) is 3.85. The monoisotopic (exact) mass is 291 g/mol. The number of hydrogen-bond donors (Lipinski definition) is 1. The maximum absolute atomic E-state index is 5.43. The van der Waals surface area contributed by atoms with E-state index in [0.29, 0.717) is 17.6 Å². The van der Waals surface area contributed by atoms with Crippen LogP contribution in [-0.4, -0.2) is 69.0 Å². The molecule has 1 unspecified atom stereocenters. The summed E-state index contributed by atoms with van der Waals surface area (Å²) in [6, 6.07) is 4.22. The molecule has 1 N–H and O–H groups in total. The smallest absolute Gasteiger partial charge is 0.200 e. The Balaban J connectivity index is 1.65. The lowest BCUT2D eigenvalue weighted by molar-refractivity contribution is 0.00953. The number of rotatable bonds is 5. The standard InChI is InChI=1S/C13H21N7O/c1-10(2)11(19-5-7-21-8-6-19)9-14-12-3-4-13-15-17-18-20(13)16-12/h3-4,10-11H,5-9H2,1-2H3,(H,14,16). The first-order valence-corrected chi connectivity index (χ1v) is 7.35. The molecule has 2 aromatic heterocycles. The molecule has 1 aliphatic rings. The topological polar surface area (TPSA) is 80.5 Å². The summed E-state index contributed by atoms with van der Waals surface area (Å²) in [5.74, 6) is 1.35. The van der Waals surface area contributed by atoms with Gasteiger partial charge in [0.1, 0.15) is 5.82 Å². The van der Waals surface area contributed by atoms with Gasteiger partial charge in [-0.1, -0.05) is 13.8 Å². The lowest BCUT2D eigenvalue weighted by Gasteiger charge is -2.37. The number of morpholine rings is 1. The van der Waals surface area contributed by atoms with Gasteiger partial charge in [-0.05, 0) is 28.5 Å². The number of nitrogens with one attached hydrogen (secondary N) is 1. The minimum Gasteiger partial charge on any atom is -0.379 e. The van der Waals surface area contributed by atoms with Crippen molar-refractivity contribution in [1.82, 2.24) is 30.2 Å². The van der Waals surface area contributed by atoms with Crippen LogP contribution in [0.3, 0.4) is 0 Å². The van der Waals surface area contributed by atoms with E-state index in [-0.39, 0.29) is 0 Å². The Kier molecular flexibility index (Phi) is 4.26. The van der Waals surface area contributed by atoms with E-state index in [1.807, 2.05) is 12.1 Å². The molecule has 2 aromatic rings. The minimum absolute atomic E-state index is 0.459. The summed E-state index contributed by atoms with van der Waals surface area (Å²) in [5, 5.41) is 19.0. The number of nitrogens with zero attached hydrogens (tertiary/aromatic N) is 6. The van der Waals surface area contributed by atoms with E-state index in [0.717, 1.165) is 38.7 Å². The molecule has 0 aromatic carbocycles. The molecule has 0 bridgehead atoms. The number of tetrazole rings is 1. The predicted molar refractivity (Wildman–Crippen MR) is 78.1 cm³/mol. The van der Waals surface area contributed by atoms with Crippen molar-refractivity contribution >= 4 is 11.5 Å². The van der Waals surface area contributed by atoms with E-state index in [4.69, 9.17) is 4.74 Å². The van der Waals surface area contributed by atoms with Gasteiger partial charge in [0.15, 0.2) is 5.65 Å². The van der Waals surface area contributed by atoms with Crippen molar-refractivity contribution in [2.75, 3.05) is 38.2 Å². The highest BCUT2D eigenvalue weighted by atomic mass is 16.5. The molecule has 1 fully saturated rings. The first-order chi connectivity index (χ1) is 10.2. The van der Waals surface area contributed by atoms with Crippen LogP contribution in [-0.2, 0) is 4.74 Å². The third kappa shape index (κ3) is 3.27. The van der Waals surface area contributed by atoms with Crippen molar-refractivity contribution in [2.24, 2.45) is 5.92 Å². The molecule has 3 rings (SSSR count). The summed E-state index contributed by atoms with van der Waals surface area (Å²) >= 11 is 0. The summed E-state index contributed by atoms with van der Waals surface area (Å²) < 4.78 is 6.86. The molecule has 0 aliphatic carbocycles. The lowest BCUT2D eigenvalue weighted by atomic mass is 10.0. The van der Waals surface area contributed by atoms with Gasteiger partial charge in [-0.25, -0.2) is 0 Å². The molecule has 0 spiro atoms. The SMILES string of the molecule is CC(C)C(CNc1ccc2nnnn2n1)N1CCOCC1. The van der Waals surface area contributed by atoms with Gasteiger partial charge in [-0.3, -0.25) is 4.90 Å². The Morgan fingerprint density at radius 2 is 2.10 bits per heavy atom. The fraction of sp³-hybridized carbons (Fsp3) is 0.692. The van der Waals surface area contributed by atoms with Gasteiger partial charge in [-0.15, -0.1) is 14.8 Å². The molecule has 21 heavy (non-hydrogen) atoms. The van der Waals surface area contributed by atoms with E-state index in [1.165, 1.54) is 4.63 Å². The molecule has 0 amide bonds. The fourth-order valence-corrected chi connectivity index (χ4v) is 2.65. The Bertz CT molecular complexity index is 579. The molecule has 1 aliphatic heterocycles. The van der Waals surface area contributed by atoms with Gasteiger partial charge in [0.25, 0.3) is 0 Å². The third-order valence-corrected chi connectivity index (χ3v) is 3.85. The summed E-state index contributed by atoms with van der Waals surface area (Å²) in [6.45, 7) is 8.96. The fourth-order valence-electron chi connectivity index (χ4n) is 2.65. The molecule has 0 saturated carbocycles. The van der Waals surface area contributed by atoms with Crippen LogP contribution in [0.15, 0.2) is 12.1 Å². The van der Waals surface area contributed by atoms with Crippen LogP contribution in [0.2, 0.25) is 0 Å². The zero-order valence-corrected chi connectivity index (χ0v) is 12.4. The second-order valence-corrected chi connectivity index (χ2v) is 5.59. The Morgan fingerprint density at radius 3 is 2.86 bits per heavy atom. The van der Waals surface area contributed by atoms with Crippen LogP contribution < -0.4 is 5.32 Å². The molecule has 8 heteroatoms. The highest BCUT2D eigenvalue weighted by Crippen LogP contribution is 2.14. The maximum atomic E-state index is 5.43. The van der Waals surface area contributed by atoms with Gasteiger partial charge in [0, 0.05) is 25.7 Å². The molecular formula is C13H21N7O. The largest absolute Gasteiger partial charge is 0.379 e. The second-order valence-electron chi connectivity index (χ2n) is 5.59. The summed E-state index contributed by atoms with van der Waals surface area (Å²) in [5.41, 5.74) is 0.647. The zero-order chi connectivity index (χ0) is 14.7. The minimum atomic E-state index is 0.459. The van der Waals surface area contributed by atoms with Gasteiger partial charge in [-0.2, -0.15) is 0 Å². The van der Waals surface area contributed by atoms with E-state index in [2.05, 4.69) is 44.7 Å². The van der Waals surface area contributed by atoms with Crippen molar-refractivity contribution in [3.63, 3.8) is 0 Å². The van der Waals surface area contributed by atoms with Gasteiger partial charge in [0.2, 0.25) is 0 Å². The first kappa shape index (κ1) is 14.2. The molecule has 1 saturated heterocycles. The first-order valence-electron chi connectivity index (χ1n) is 7.35. The van der Waals surface area contributed by atoms with Crippen molar-refractivity contribution in [1.29, 1.82) is 0 Å². The number of aromatic nitrogens is 5. The lowest BCUT2D eigenvalue weighted by Crippen LogP contribution is -2.49. The van der Waals surface area contributed by atoms with Gasteiger partial charge >= 0.3 is 0 Å². The summed E-state index contributed by atoms with van der Waals surface area (Å²) in [7, 11) is 0. The van der Waals surface area contributed by atoms with Crippen molar-refractivity contribution in [2.45, 2.75) is 19.9 Å². The zero-order valence-electron chi connectivity index (χ0n) is 12.4. The van der Waals surface area contributed by atoms with Crippen LogP contribution in [0.5, 0.6) is 0 Å². The van der Waals surface area contributed by atoms with E-state index in [1.54, 1.807) is 0 Å². The average molecular weight is 291 g/mol. The van der Waals surface area contributed by atoms with Crippen LogP contribution in [0, 0.1) is 5.92 Å². The molecular weight excluding hydrogens is 270 g/mol. The highest BCUT2D eigenvalue weighted by Gasteiger charge is 2.23. The van der Waals surface area contributed by atoms with E-state index >= 15 is 0 Å². The molecule has 8 nitrogen and oxygen atoms in total.